The Morgan fingerprint density at radius 3 is 2.43 bits per heavy atom. The summed E-state index contributed by atoms with van der Waals surface area (Å²) in [6.45, 7) is 2.12. The minimum absolute atomic E-state index is 0.235. The van der Waals surface area contributed by atoms with E-state index in [0.717, 1.165) is 4.88 Å². The van der Waals surface area contributed by atoms with Crippen LogP contribution < -0.4 is 10.0 Å². The second kappa shape index (κ2) is 6.55. The number of nitrogens with two attached hydrogens (primary N) is 1. The molecule has 0 saturated heterocycles. The summed E-state index contributed by atoms with van der Waals surface area (Å²) in [5.74, 6) is 0. The van der Waals surface area contributed by atoms with Crippen LogP contribution in [-0.4, -0.2) is 20.0 Å². The predicted molar refractivity (Wildman–Crippen MR) is 91.4 cm³/mol. The van der Waals surface area contributed by atoms with E-state index in [4.69, 9.17) is 18.0 Å². The van der Waals surface area contributed by atoms with Gasteiger partial charge < -0.3 is 5.73 Å². The maximum atomic E-state index is 12.8. The van der Waals surface area contributed by atoms with Crippen LogP contribution in [0.25, 0.3) is 0 Å². The molecule has 0 aliphatic carbocycles. The highest BCUT2D eigenvalue weighted by molar-refractivity contribution is 7.94. The van der Waals surface area contributed by atoms with Crippen LogP contribution in [0.5, 0.6) is 0 Å². The number of hydrogen-bond acceptors (Lipinski definition) is 4. The molecule has 112 valence electrons. The zero-order valence-corrected chi connectivity index (χ0v) is 14.0. The number of rotatable bonds is 6. The van der Waals surface area contributed by atoms with Gasteiger partial charge in [-0.3, -0.25) is 4.31 Å². The van der Waals surface area contributed by atoms with Crippen LogP contribution in [-0.2, 0) is 10.0 Å². The topological polar surface area (TPSA) is 63.4 Å². The van der Waals surface area contributed by atoms with Crippen molar-refractivity contribution in [3.8, 4) is 0 Å². The van der Waals surface area contributed by atoms with Gasteiger partial charge in [-0.2, -0.15) is 0 Å². The standard InChI is InChI=1S/C14H16N2O2S3/c1-11-7-8-14(20-11)21(17,18)16(10-9-13(15)19)12-5-3-2-4-6-12/h2-8H,9-10H2,1H3,(H2,15,19). The smallest absolute Gasteiger partial charge is 0.273 e. The summed E-state index contributed by atoms with van der Waals surface area (Å²) in [6.07, 6.45) is 0.341. The van der Waals surface area contributed by atoms with Crippen molar-refractivity contribution in [2.75, 3.05) is 10.8 Å². The van der Waals surface area contributed by atoms with Crippen molar-refractivity contribution in [3.63, 3.8) is 0 Å². The summed E-state index contributed by atoms with van der Waals surface area (Å²) in [7, 11) is -3.59. The number of aryl methyl sites for hydroxylation is 1. The predicted octanol–water partition coefficient (Wildman–Crippen LogP) is 2.93. The Balaban J connectivity index is 2.41. The molecule has 0 spiro atoms. The molecule has 0 bridgehead atoms. The van der Waals surface area contributed by atoms with E-state index in [0.29, 0.717) is 21.3 Å². The normalized spacial score (nSPS) is 11.3. The summed E-state index contributed by atoms with van der Waals surface area (Å²) in [5.41, 5.74) is 6.13. The van der Waals surface area contributed by atoms with E-state index >= 15 is 0 Å². The number of hydrogen-bond donors (Lipinski definition) is 1. The Bertz CT molecular complexity index is 724. The van der Waals surface area contributed by atoms with Gasteiger partial charge in [0.05, 0.1) is 10.7 Å². The minimum Gasteiger partial charge on any atom is -0.393 e. The van der Waals surface area contributed by atoms with Crippen molar-refractivity contribution in [2.24, 2.45) is 5.73 Å². The fraction of sp³-hybridized carbons (Fsp3) is 0.214. The molecule has 0 aliphatic rings. The van der Waals surface area contributed by atoms with Gasteiger partial charge in [-0.25, -0.2) is 8.42 Å². The van der Waals surface area contributed by atoms with Crippen LogP contribution in [0.4, 0.5) is 5.69 Å². The average molecular weight is 340 g/mol. The number of sulfonamides is 1. The van der Waals surface area contributed by atoms with E-state index < -0.39 is 10.0 Å². The number of anilines is 1. The highest BCUT2D eigenvalue weighted by atomic mass is 32.2. The van der Waals surface area contributed by atoms with E-state index in [1.165, 1.54) is 15.6 Å². The number of thiophene rings is 1. The maximum Gasteiger partial charge on any atom is 0.273 e. The Morgan fingerprint density at radius 2 is 1.90 bits per heavy atom. The molecule has 0 saturated carbocycles. The van der Waals surface area contributed by atoms with Crippen LogP contribution in [0.1, 0.15) is 11.3 Å². The molecule has 2 rings (SSSR count). The summed E-state index contributed by atoms with van der Waals surface area (Å²) in [5, 5.41) is 0. The van der Waals surface area contributed by atoms with Gasteiger partial charge in [-0.05, 0) is 31.2 Å². The van der Waals surface area contributed by atoms with Crippen molar-refractivity contribution in [3.05, 3.63) is 47.3 Å². The fourth-order valence-corrected chi connectivity index (χ4v) is 4.81. The third-order valence-corrected chi connectivity index (χ3v) is 6.37. The van der Waals surface area contributed by atoms with Gasteiger partial charge >= 0.3 is 0 Å². The largest absolute Gasteiger partial charge is 0.393 e. The number of thiocarbonyl (C=S) groups is 1. The fourth-order valence-electron chi connectivity index (χ4n) is 1.85. The first kappa shape index (κ1) is 15.9. The summed E-state index contributed by atoms with van der Waals surface area (Å²) in [4.78, 5) is 1.25. The lowest BCUT2D eigenvalue weighted by Gasteiger charge is -2.23. The van der Waals surface area contributed by atoms with Crippen LogP contribution in [0, 0.1) is 6.92 Å². The Kier molecular flexibility index (Phi) is 4.97. The van der Waals surface area contributed by atoms with E-state index in [-0.39, 0.29) is 6.54 Å². The lowest BCUT2D eigenvalue weighted by Crippen LogP contribution is -2.33. The number of nitrogens with zero attached hydrogens (tertiary/aromatic N) is 1. The summed E-state index contributed by atoms with van der Waals surface area (Å²) >= 11 is 6.12. The first-order valence-electron chi connectivity index (χ1n) is 6.34. The van der Waals surface area contributed by atoms with E-state index in [1.807, 2.05) is 13.0 Å². The highest BCUT2D eigenvalue weighted by Gasteiger charge is 2.26. The van der Waals surface area contributed by atoms with Crippen molar-refractivity contribution in [2.45, 2.75) is 17.6 Å². The molecule has 1 heterocycles. The average Bonchev–Trinajstić information content (AvgIpc) is 2.87. The molecule has 2 aromatic rings. The zero-order valence-electron chi connectivity index (χ0n) is 11.5. The lowest BCUT2D eigenvalue weighted by atomic mass is 10.3. The van der Waals surface area contributed by atoms with Crippen molar-refractivity contribution < 1.29 is 8.42 Å². The second-order valence-corrected chi connectivity index (χ2v) is 8.40. The monoisotopic (exact) mass is 340 g/mol. The molecule has 4 nitrogen and oxygen atoms in total. The molecular formula is C14H16N2O2S3. The SMILES string of the molecule is Cc1ccc(S(=O)(=O)N(CCC(N)=S)c2ccccc2)s1. The van der Waals surface area contributed by atoms with Crippen LogP contribution in [0.2, 0.25) is 0 Å². The highest BCUT2D eigenvalue weighted by Crippen LogP contribution is 2.28. The quantitative estimate of drug-likeness (QED) is 0.821. The number of benzene rings is 1. The van der Waals surface area contributed by atoms with Crippen LogP contribution >= 0.6 is 23.6 Å². The van der Waals surface area contributed by atoms with Gasteiger partial charge in [0.15, 0.2) is 0 Å². The zero-order chi connectivity index (χ0) is 15.5. The molecule has 2 N–H and O–H groups in total. The van der Waals surface area contributed by atoms with Gasteiger partial charge in [-0.1, -0.05) is 30.4 Å². The van der Waals surface area contributed by atoms with Gasteiger partial charge in [0.2, 0.25) is 0 Å². The third kappa shape index (κ3) is 3.81. The van der Waals surface area contributed by atoms with Crippen molar-refractivity contribution in [1.82, 2.24) is 0 Å². The molecule has 0 aliphatic heterocycles. The van der Waals surface area contributed by atoms with Gasteiger partial charge in [0, 0.05) is 17.8 Å². The molecule has 1 aromatic carbocycles. The first-order chi connectivity index (χ1) is 9.91. The van der Waals surface area contributed by atoms with E-state index in [9.17, 15) is 8.42 Å². The molecular weight excluding hydrogens is 324 g/mol. The summed E-state index contributed by atoms with van der Waals surface area (Å²) in [6, 6.07) is 12.4. The molecule has 0 unspecified atom stereocenters. The van der Waals surface area contributed by atoms with E-state index in [2.05, 4.69) is 0 Å². The van der Waals surface area contributed by atoms with Crippen LogP contribution in [0.3, 0.4) is 0 Å². The Morgan fingerprint density at radius 1 is 1.24 bits per heavy atom. The van der Waals surface area contributed by atoms with Crippen molar-refractivity contribution in [1.29, 1.82) is 0 Å². The lowest BCUT2D eigenvalue weighted by molar-refractivity contribution is 0.593. The molecule has 7 heteroatoms. The second-order valence-electron chi connectivity index (χ2n) is 4.49. The van der Waals surface area contributed by atoms with Gasteiger partial charge in [-0.15, -0.1) is 11.3 Å². The first-order valence-corrected chi connectivity index (χ1v) is 9.00. The Hall–Kier alpha value is -1.44. The third-order valence-electron chi connectivity index (χ3n) is 2.87. The van der Waals surface area contributed by atoms with Crippen LogP contribution in [0.15, 0.2) is 46.7 Å². The van der Waals surface area contributed by atoms with E-state index in [1.54, 1.807) is 36.4 Å². The van der Waals surface area contributed by atoms with Crippen molar-refractivity contribution >= 4 is 44.3 Å². The van der Waals surface area contributed by atoms with Gasteiger partial charge in [0.25, 0.3) is 10.0 Å². The molecule has 1 aromatic heterocycles. The van der Waals surface area contributed by atoms with Gasteiger partial charge in [0.1, 0.15) is 4.21 Å². The minimum atomic E-state index is -3.59. The molecule has 0 amide bonds. The maximum absolute atomic E-state index is 12.8. The molecule has 0 fully saturated rings. The molecule has 21 heavy (non-hydrogen) atoms. The Labute approximate surface area is 134 Å². The molecule has 0 atom stereocenters. The number of para-hydroxylation sites is 1. The molecule has 0 radical (unpaired) electrons. The summed E-state index contributed by atoms with van der Waals surface area (Å²) < 4.78 is 27.3.